The van der Waals surface area contributed by atoms with Crippen molar-refractivity contribution >= 4 is 11.6 Å². The number of non-ortho nitro benzene ring substituents is 1. The van der Waals surface area contributed by atoms with Crippen LogP contribution in [-0.4, -0.2) is 29.6 Å². The van der Waals surface area contributed by atoms with Crippen molar-refractivity contribution in [2.45, 2.75) is 45.8 Å². The van der Waals surface area contributed by atoms with Gasteiger partial charge in [-0.1, -0.05) is 18.2 Å². The molecule has 7 nitrogen and oxygen atoms in total. The number of ether oxygens (including phenoxy) is 2. The normalized spacial score (nSPS) is 11.7. The van der Waals surface area contributed by atoms with Crippen molar-refractivity contribution in [2.24, 2.45) is 0 Å². The van der Waals surface area contributed by atoms with Crippen molar-refractivity contribution < 1.29 is 19.2 Å². The van der Waals surface area contributed by atoms with Crippen LogP contribution in [0.2, 0.25) is 0 Å². The van der Waals surface area contributed by atoms with Crippen molar-refractivity contribution in [3.05, 3.63) is 64.2 Å². The summed E-state index contributed by atoms with van der Waals surface area (Å²) in [5.74, 6) is 0.874. The number of nitrogens with one attached hydrogen (secondary N) is 1. The number of nitro groups is 1. The second-order valence-electron chi connectivity index (χ2n) is 6.86. The molecule has 0 aliphatic carbocycles. The van der Waals surface area contributed by atoms with Crippen molar-refractivity contribution in [1.82, 2.24) is 5.32 Å². The molecule has 0 aliphatic heterocycles. The summed E-state index contributed by atoms with van der Waals surface area (Å²) in [5.41, 5.74) is 1.10. The van der Waals surface area contributed by atoms with Crippen LogP contribution < -0.4 is 14.8 Å². The van der Waals surface area contributed by atoms with Gasteiger partial charge in [-0.3, -0.25) is 14.9 Å². The molecule has 0 fully saturated rings. The molecule has 0 saturated carbocycles. The Bertz CT molecular complexity index is 790. The second kappa shape index (κ2) is 10.3. The predicted octanol–water partition coefficient (Wildman–Crippen LogP) is 3.90. The van der Waals surface area contributed by atoms with Crippen LogP contribution in [0.25, 0.3) is 0 Å². The fourth-order valence-corrected chi connectivity index (χ4v) is 2.61. The summed E-state index contributed by atoms with van der Waals surface area (Å²) >= 11 is 0. The van der Waals surface area contributed by atoms with Gasteiger partial charge < -0.3 is 14.8 Å². The van der Waals surface area contributed by atoms with Crippen LogP contribution in [-0.2, 0) is 11.2 Å². The van der Waals surface area contributed by atoms with Gasteiger partial charge in [-0.05, 0) is 57.4 Å². The third-order valence-corrected chi connectivity index (χ3v) is 3.97. The Balaban J connectivity index is 1.73. The Morgan fingerprint density at radius 3 is 2.46 bits per heavy atom. The first kappa shape index (κ1) is 21.2. The predicted molar refractivity (Wildman–Crippen MR) is 107 cm³/mol. The Hall–Kier alpha value is -3.09. The summed E-state index contributed by atoms with van der Waals surface area (Å²) in [6.45, 7) is 5.72. The number of carbonyl (C=O) groups excluding carboxylic acids is 1. The van der Waals surface area contributed by atoms with Crippen LogP contribution in [0.3, 0.4) is 0 Å². The van der Waals surface area contributed by atoms with Gasteiger partial charge in [0.05, 0.1) is 17.1 Å². The summed E-state index contributed by atoms with van der Waals surface area (Å²) in [5, 5.41) is 13.6. The van der Waals surface area contributed by atoms with E-state index in [2.05, 4.69) is 5.32 Å². The number of carbonyl (C=O) groups is 1. The minimum Gasteiger partial charge on any atom is -0.491 e. The smallest absolute Gasteiger partial charge is 0.273 e. The van der Waals surface area contributed by atoms with Gasteiger partial charge >= 0.3 is 0 Å². The van der Waals surface area contributed by atoms with E-state index in [0.717, 1.165) is 18.6 Å². The lowest BCUT2D eigenvalue weighted by Crippen LogP contribution is -2.36. The molecule has 0 heterocycles. The van der Waals surface area contributed by atoms with E-state index in [9.17, 15) is 14.9 Å². The van der Waals surface area contributed by atoms with Gasteiger partial charge in [-0.25, -0.2) is 0 Å². The summed E-state index contributed by atoms with van der Waals surface area (Å²) in [6.07, 6.45) is 1.76. The number of hydrogen-bond acceptors (Lipinski definition) is 5. The first-order chi connectivity index (χ1) is 13.3. The van der Waals surface area contributed by atoms with E-state index < -0.39 is 4.92 Å². The van der Waals surface area contributed by atoms with Crippen LogP contribution in [0, 0.1) is 10.1 Å². The Kier molecular flexibility index (Phi) is 7.80. The Morgan fingerprint density at radius 2 is 1.82 bits per heavy atom. The molecule has 2 aromatic carbocycles. The average Bonchev–Trinajstić information content (AvgIpc) is 2.65. The third-order valence-electron chi connectivity index (χ3n) is 3.97. The number of nitrogens with zero attached hydrogens (tertiary/aromatic N) is 1. The highest BCUT2D eigenvalue weighted by atomic mass is 16.6. The van der Waals surface area contributed by atoms with Crippen molar-refractivity contribution in [3.63, 3.8) is 0 Å². The molecule has 0 spiro atoms. The molecule has 1 atom stereocenters. The summed E-state index contributed by atoms with van der Waals surface area (Å²) in [6, 6.07) is 13.7. The summed E-state index contributed by atoms with van der Waals surface area (Å²) in [4.78, 5) is 22.3. The fraction of sp³-hybridized carbons (Fsp3) is 0.381. The molecular weight excluding hydrogens is 360 g/mol. The molecule has 2 rings (SSSR count). The van der Waals surface area contributed by atoms with Gasteiger partial charge in [0.15, 0.2) is 6.61 Å². The highest BCUT2D eigenvalue weighted by molar-refractivity contribution is 5.77. The molecular formula is C21H26N2O5. The van der Waals surface area contributed by atoms with E-state index in [1.54, 1.807) is 6.07 Å². The molecule has 2 aromatic rings. The zero-order valence-electron chi connectivity index (χ0n) is 16.4. The van der Waals surface area contributed by atoms with Gasteiger partial charge in [-0.2, -0.15) is 0 Å². The lowest BCUT2D eigenvalue weighted by molar-refractivity contribution is -0.384. The SMILES string of the molecule is CC(CCc1ccc(OC(C)C)cc1)NC(=O)COc1cccc([N+](=O)[O-])c1. The number of amides is 1. The molecule has 0 aromatic heterocycles. The van der Waals surface area contributed by atoms with E-state index >= 15 is 0 Å². The fourth-order valence-electron chi connectivity index (χ4n) is 2.61. The second-order valence-corrected chi connectivity index (χ2v) is 6.86. The molecule has 150 valence electrons. The molecule has 7 heteroatoms. The topological polar surface area (TPSA) is 90.7 Å². The molecule has 28 heavy (non-hydrogen) atoms. The van der Waals surface area contributed by atoms with Gasteiger partial charge in [0, 0.05) is 12.1 Å². The molecule has 0 bridgehead atoms. The number of rotatable bonds is 10. The number of nitro benzene ring substituents is 1. The maximum atomic E-state index is 12.0. The standard InChI is InChI=1S/C21H26N2O5/c1-15(2)28-19-11-9-17(10-12-19)8-7-16(3)22-21(24)14-27-20-6-4-5-18(13-20)23(25)26/h4-6,9-13,15-16H,7-8,14H2,1-3H3,(H,22,24). The lowest BCUT2D eigenvalue weighted by atomic mass is 10.1. The first-order valence-electron chi connectivity index (χ1n) is 9.25. The molecule has 0 radical (unpaired) electrons. The van der Waals surface area contributed by atoms with Crippen LogP contribution in [0.1, 0.15) is 32.8 Å². The van der Waals surface area contributed by atoms with Crippen molar-refractivity contribution in [2.75, 3.05) is 6.61 Å². The molecule has 1 amide bonds. The number of hydrogen-bond donors (Lipinski definition) is 1. The van der Waals surface area contributed by atoms with E-state index in [1.807, 2.05) is 45.0 Å². The van der Waals surface area contributed by atoms with E-state index in [-0.39, 0.29) is 30.3 Å². The minimum atomic E-state index is -0.503. The molecule has 1 unspecified atom stereocenters. The Morgan fingerprint density at radius 1 is 1.11 bits per heavy atom. The molecule has 0 saturated heterocycles. The van der Waals surface area contributed by atoms with Crippen LogP contribution in [0.5, 0.6) is 11.5 Å². The molecule has 1 N–H and O–H groups in total. The monoisotopic (exact) mass is 386 g/mol. The summed E-state index contributed by atoms with van der Waals surface area (Å²) in [7, 11) is 0. The van der Waals surface area contributed by atoms with Gasteiger partial charge in [0.25, 0.3) is 11.6 Å². The van der Waals surface area contributed by atoms with E-state index in [1.165, 1.54) is 23.8 Å². The largest absolute Gasteiger partial charge is 0.491 e. The highest BCUT2D eigenvalue weighted by Gasteiger charge is 2.11. The van der Waals surface area contributed by atoms with Gasteiger partial charge in [0.1, 0.15) is 11.5 Å². The van der Waals surface area contributed by atoms with Crippen LogP contribution >= 0.6 is 0 Å². The number of aryl methyl sites for hydroxylation is 1. The quantitative estimate of drug-likeness (QED) is 0.494. The van der Waals surface area contributed by atoms with E-state index in [0.29, 0.717) is 5.75 Å². The lowest BCUT2D eigenvalue weighted by Gasteiger charge is -2.15. The Labute approximate surface area is 164 Å². The zero-order valence-corrected chi connectivity index (χ0v) is 16.4. The maximum absolute atomic E-state index is 12.0. The summed E-state index contributed by atoms with van der Waals surface area (Å²) < 4.78 is 11.0. The van der Waals surface area contributed by atoms with Crippen LogP contribution in [0.15, 0.2) is 48.5 Å². The zero-order chi connectivity index (χ0) is 20.5. The first-order valence-corrected chi connectivity index (χ1v) is 9.25. The minimum absolute atomic E-state index is 0.0206. The van der Waals surface area contributed by atoms with E-state index in [4.69, 9.17) is 9.47 Å². The highest BCUT2D eigenvalue weighted by Crippen LogP contribution is 2.19. The number of benzene rings is 2. The van der Waals surface area contributed by atoms with Crippen LogP contribution in [0.4, 0.5) is 5.69 Å². The van der Waals surface area contributed by atoms with Crippen molar-refractivity contribution in [3.8, 4) is 11.5 Å². The van der Waals surface area contributed by atoms with Gasteiger partial charge in [-0.15, -0.1) is 0 Å². The van der Waals surface area contributed by atoms with Gasteiger partial charge in [0.2, 0.25) is 0 Å². The maximum Gasteiger partial charge on any atom is 0.273 e. The van der Waals surface area contributed by atoms with Crippen molar-refractivity contribution in [1.29, 1.82) is 0 Å². The third kappa shape index (κ3) is 7.26. The average molecular weight is 386 g/mol. The molecule has 0 aliphatic rings.